The molecule has 0 saturated carbocycles. The number of nitro groups is 1. The van der Waals surface area contributed by atoms with E-state index in [1.54, 1.807) is 13.8 Å². The maximum Gasteiger partial charge on any atom is 0.292 e. The summed E-state index contributed by atoms with van der Waals surface area (Å²) >= 11 is 0. The number of rotatable bonds is 5. The monoisotopic (exact) mass is 290 g/mol. The highest BCUT2D eigenvalue weighted by molar-refractivity contribution is 5.94. The third-order valence-electron chi connectivity index (χ3n) is 3.11. The number of aromatic nitrogens is 1. The number of anilines is 1. The van der Waals surface area contributed by atoms with Gasteiger partial charge in [0.2, 0.25) is 5.91 Å². The first-order chi connectivity index (χ1) is 9.90. The van der Waals surface area contributed by atoms with Crippen molar-refractivity contribution in [1.82, 2.24) is 5.16 Å². The van der Waals surface area contributed by atoms with Gasteiger partial charge in [-0.2, -0.15) is 0 Å². The van der Waals surface area contributed by atoms with E-state index in [-0.39, 0.29) is 16.9 Å². The fourth-order valence-corrected chi connectivity index (χ4v) is 1.93. The number of nitro benzene ring substituents is 1. The summed E-state index contributed by atoms with van der Waals surface area (Å²) in [6.45, 7) is 3.83. The van der Waals surface area contributed by atoms with Gasteiger partial charge in [0, 0.05) is 23.7 Å². The summed E-state index contributed by atoms with van der Waals surface area (Å²) in [6.07, 6.45) is 0. The lowest BCUT2D eigenvalue weighted by Crippen LogP contribution is -2.12. The number of carbonyl (C=O) groups is 1. The van der Waals surface area contributed by atoms with Crippen LogP contribution in [0, 0.1) is 24.0 Å². The van der Waals surface area contributed by atoms with Gasteiger partial charge in [-0.25, -0.2) is 0 Å². The zero-order chi connectivity index (χ0) is 15.6. The van der Waals surface area contributed by atoms with E-state index in [0.717, 1.165) is 5.56 Å². The molecule has 8 nitrogen and oxygen atoms in total. The Morgan fingerprint density at radius 2 is 2.19 bits per heavy atom. The second kappa shape index (κ2) is 5.61. The van der Waals surface area contributed by atoms with Crippen LogP contribution in [-0.4, -0.2) is 16.0 Å². The molecule has 1 amide bonds. The van der Waals surface area contributed by atoms with Crippen molar-refractivity contribution in [2.75, 3.05) is 5.32 Å². The van der Waals surface area contributed by atoms with Crippen molar-refractivity contribution in [3.05, 3.63) is 50.9 Å². The summed E-state index contributed by atoms with van der Waals surface area (Å²) in [7, 11) is 0. The van der Waals surface area contributed by atoms with E-state index in [4.69, 9.17) is 10.3 Å². The average Bonchev–Trinajstić information content (AvgIpc) is 2.75. The van der Waals surface area contributed by atoms with Crippen LogP contribution in [0.1, 0.15) is 27.4 Å². The Morgan fingerprint density at radius 1 is 1.48 bits per heavy atom. The number of aryl methyl sites for hydroxylation is 2. The fourth-order valence-electron chi connectivity index (χ4n) is 1.93. The highest BCUT2D eigenvalue weighted by Gasteiger charge is 2.17. The third-order valence-corrected chi connectivity index (χ3v) is 3.11. The molecule has 0 fully saturated rings. The van der Waals surface area contributed by atoms with Crippen LogP contribution in [0.3, 0.4) is 0 Å². The average molecular weight is 290 g/mol. The zero-order valence-corrected chi connectivity index (χ0v) is 11.5. The van der Waals surface area contributed by atoms with Crippen LogP contribution in [-0.2, 0) is 6.54 Å². The van der Waals surface area contributed by atoms with Crippen LogP contribution < -0.4 is 11.1 Å². The van der Waals surface area contributed by atoms with E-state index < -0.39 is 10.8 Å². The number of hydrogen-bond acceptors (Lipinski definition) is 6. The number of nitrogens with zero attached hydrogens (tertiary/aromatic N) is 2. The molecule has 3 N–H and O–H groups in total. The molecule has 2 aromatic rings. The number of nitrogens with two attached hydrogens (primary N) is 1. The molecule has 8 heteroatoms. The highest BCUT2D eigenvalue weighted by Crippen LogP contribution is 2.26. The normalized spacial score (nSPS) is 10.4. The molecule has 0 spiro atoms. The predicted molar refractivity (Wildman–Crippen MR) is 74.9 cm³/mol. The second-order valence-corrected chi connectivity index (χ2v) is 4.51. The summed E-state index contributed by atoms with van der Waals surface area (Å²) in [6, 6.07) is 3.93. The standard InChI is InChI=1S/C13H14N4O4/c1-7-10(8(2)21-16-7)6-15-11-5-9(13(14)18)3-4-12(11)17(19)20/h3-5,15H,6H2,1-2H3,(H2,14,18). The molecule has 1 aromatic heterocycles. The lowest BCUT2D eigenvalue weighted by atomic mass is 10.1. The van der Waals surface area contributed by atoms with Gasteiger partial charge in [0.15, 0.2) is 0 Å². The number of amides is 1. The molecule has 0 aliphatic carbocycles. The molecule has 1 aromatic carbocycles. The maximum atomic E-state index is 11.2. The molecule has 0 saturated heterocycles. The molecular weight excluding hydrogens is 276 g/mol. The van der Waals surface area contributed by atoms with Gasteiger partial charge in [0.1, 0.15) is 11.4 Å². The summed E-state index contributed by atoms with van der Waals surface area (Å²) in [5.74, 6) is -0.0148. The first-order valence-electron chi connectivity index (χ1n) is 6.14. The van der Waals surface area contributed by atoms with Gasteiger partial charge in [0.25, 0.3) is 5.69 Å². The van der Waals surface area contributed by atoms with Crippen molar-refractivity contribution in [2.24, 2.45) is 5.73 Å². The second-order valence-electron chi connectivity index (χ2n) is 4.51. The molecule has 1 heterocycles. The minimum atomic E-state index is -0.648. The van der Waals surface area contributed by atoms with Crippen LogP contribution in [0.5, 0.6) is 0 Å². The topological polar surface area (TPSA) is 124 Å². The lowest BCUT2D eigenvalue weighted by Gasteiger charge is -2.08. The van der Waals surface area contributed by atoms with E-state index in [9.17, 15) is 14.9 Å². The zero-order valence-electron chi connectivity index (χ0n) is 11.5. The number of carbonyl (C=O) groups excluding carboxylic acids is 1. The minimum Gasteiger partial charge on any atom is -0.375 e. The molecule has 0 radical (unpaired) electrons. The number of benzene rings is 1. The van der Waals surface area contributed by atoms with Crippen molar-refractivity contribution >= 4 is 17.3 Å². The molecule has 21 heavy (non-hydrogen) atoms. The van der Waals surface area contributed by atoms with Crippen LogP contribution in [0.15, 0.2) is 22.7 Å². The molecule has 0 bridgehead atoms. The molecule has 0 aliphatic heterocycles. The summed E-state index contributed by atoms with van der Waals surface area (Å²) in [5.41, 5.74) is 6.98. The Bertz CT molecular complexity index is 689. The van der Waals surface area contributed by atoms with E-state index in [1.807, 2.05) is 0 Å². The van der Waals surface area contributed by atoms with Gasteiger partial charge in [-0.05, 0) is 26.0 Å². The SMILES string of the molecule is Cc1noc(C)c1CNc1cc(C(N)=O)ccc1[N+](=O)[O-]. The van der Waals surface area contributed by atoms with Gasteiger partial charge in [-0.15, -0.1) is 0 Å². The first kappa shape index (κ1) is 14.5. The van der Waals surface area contributed by atoms with Crippen LogP contribution >= 0.6 is 0 Å². The van der Waals surface area contributed by atoms with Crippen molar-refractivity contribution in [1.29, 1.82) is 0 Å². The van der Waals surface area contributed by atoms with E-state index in [1.165, 1.54) is 18.2 Å². The van der Waals surface area contributed by atoms with Crippen LogP contribution in [0.4, 0.5) is 11.4 Å². The van der Waals surface area contributed by atoms with Crippen molar-refractivity contribution in [3.8, 4) is 0 Å². The highest BCUT2D eigenvalue weighted by atomic mass is 16.6. The van der Waals surface area contributed by atoms with Gasteiger partial charge < -0.3 is 15.6 Å². The van der Waals surface area contributed by atoms with Gasteiger partial charge >= 0.3 is 0 Å². The molecular formula is C13H14N4O4. The van der Waals surface area contributed by atoms with Crippen LogP contribution in [0.2, 0.25) is 0 Å². The predicted octanol–water partition coefficient (Wildman–Crippen LogP) is 1.91. The first-order valence-corrected chi connectivity index (χ1v) is 6.14. The Kier molecular flexibility index (Phi) is 3.88. The Balaban J connectivity index is 2.31. The molecule has 0 atom stereocenters. The minimum absolute atomic E-state index is 0.133. The number of hydrogen-bond donors (Lipinski definition) is 2. The van der Waals surface area contributed by atoms with Crippen molar-refractivity contribution in [2.45, 2.75) is 20.4 Å². The largest absolute Gasteiger partial charge is 0.375 e. The lowest BCUT2D eigenvalue weighted by molar-refractivity contribution is -0.384. The Labute approximate surface area is 120 Å². The smallest absolute Gasteiger partial charge is 0.292 e. The fraction of sp³-hybridized carbons (Fsp3) is 0.231. The van der Waals surface area contributed by atoms with Crippen molar-refractivity contribution in [3.63, 3.8) is 0 Å². The van der Waals surface area contributed by atoms with Gasteiger partial charge in [-0.1, -0.05) is 5.16 Å². The van der Waals surface area contributed by atoms with E-state index >= 15 is 0 Å². The quantitative estimate of drug-likeness (QED) is 0.640. The maximum absolute atomic E-state index is 11.2. The van der Waals surface area contributed by atoms with Gasteiger partial charge in [-0.3, -0.25) is 14.9 Å². The molecule has 110 valence electrons. The number of nitrogens with one attached hydrogen (secondary N) is 1. The summed E-state index contributed by atoms with van der Waals surface area (Å²) < 4.78 is 5.03. The van der Waals surface area contributed by atoms with Crippen LogP contribution in [0.25, 0.3) is 0 Å². The molecule has 0 unspecified atom stereocenters. The van der Waals surface area contributed by atoms with E-state index in [0.29, 0.717) is 18.0 Å². The summed E-state index contributed by atoms with van der Waals surface area (Å²) in [5, 5.41) is 17.7. The Hall–Kier alpha value is -2.90. The Morgan fingerprint density at radius 3 is 2.71 bits per heavy atom. The number of primary amides is 1. The summed E-state index contributed by atoms with van der Waals surface area (Å²) in [4.78, 5) is 21.7. The molecule has 2 rings (SSSR count). The van der Waals surface area contributed by atoms with Gasteiger partial charge in [0.05, 0.1) is 10.6 Å². The van der Waals surface area contributed by atoms with E-state index in [2.05, 4.69) is 10.5 Å². The van der Waals surface area contributed by atoms with Crippen molar-refractivity contribution < 1.29 is 14.2 Å². The third kappa shape index (κ3) is 2.99. The molecule has 0 aliphatic rings.